The Morgan fingerprint density at radius 2 is 2.00 bits per heavy atom. The number of methoxy groups -OCH3 is 1. The maximum atomic E-state index is 5.36. The van der Waals surface area contributed by atoms with E-state index in [2.05, 4.69) is 29.4 Å². The highest BCUT2D eigenvalue weighted by atomic mass is 32.1. The van der Waals surface area contributed by atoms with Gasteiger partial charge in [-0.15, -0.1) is 0 Å². The van der Waals surface area contributed by atoms with E-state index in [9.17, 15) is 0 Å². The molecule has 1 N–H and O–H groups in total. The van der Waals surface area contributed by atoms with Gasteiger partial charge >= 0.3 is 0 Å². The molecule has 3 aromatic rings. The van der Waals surface area contributed by atoms with Crippen molar-refractivity contribution < 1.29 is 4.74 Å². The van der Waals surface area contributed by atoms with Crippen LogP contribution in [0, 0.1) is 6.92 Å². The van der Waals surface area contributed by atoms with Crippen LogP contribution in [0.3, 0.4) is 0 Å². The molecule has 0 amide bonds. The fourth-order valence-corrected chi connectivity index (χ4v) is 2.84. The van der Waals surface area contributed by atoms with Gasteiger partial charge in [-0.05, 0) is 36.8 Å². The Hall–Kier alpha value is -2.07. The smallest absolute Gasteiger partial charge is 0.188 e. The van der Waals surface area contributed by atoms with E-state index in [1.54, 1.807) is 18.4 Å². The van der Waals surface area contributed by atoms with Crippen molar-refractivity contribution in [3.63, 3.8) is 0 Å². The van der Waals surface area contributed by atoms with Crippen molar-refractivity contribution in [2.24, 2.45) is 0 Å². The molecule has 19 heavy (non-hydrogen) atoms. The summed E-state index contributed by atoms with van der Waals surface area (Å²) in [7, 11) is 1.67. The van der Waals surface area contributed by atoms with Crippen LogP contribution < -0.4 is 10.1 Å². The topological polar surface area (TPSA) is 34.1 Å². The molecule has 3 rings (SSSR count). The van der Waals surface area contributed by atoms with Crippen molar-refractivity contribution in [1.82, 2.24) is 4.98 Å². The summed E-state index contributed by atoms with van der Waals surface area (Å²) in [4.78, 5) is 4.56. The van der Waals surface area contributed by atoms with Gasteiger partial charge in [-0.1, -0.05) is 29.5 Å². The lowest BCUT2D eigenvalue weighted by molar-refractivity contribution is 0.416. The predicted molar refractivity (Wildman–Crippen MR) is 80.6 cm³/mol. The van der Waals surface area contributed by atoms with Gasteiger partial charge in [-0.25, -0.2) is 4.98 Å². The van der Waals surface area contributed by atoms with Crippen LogP contribution in [0.2, 0.25) is 0 Å². The highest BCUT2D eigenvalue weighted by molar-refractivity contribution is 7.22. The Labute approximate surface area is 115 Å². The van der Waals surface area contributed by atoms with E-state index < -0.39 is 0 Å². The van der Waals surface area contributed by atoms with E-state index in [4.69, 9.17) is 4.74 Å². The summed E-state index contributed by atoms with van der Waals surface area (Å²) in [6.07, 6.45) is 0. The van der Waals surface area contributed by atoms with Crippen LogP contribution in [0.5, 0.6) is 5.75 Å². The fourth-order valence-electron chi connectivity index (χ4n) is 1.96. The number of rotatable bonds is 3. The minimum atomic E-state index is 0.824. The van der Waals surface area contributed by atoms with Crippen LogP contribution >= 0.6 is 11.3 Å². The number of nitrogens with one attached hydrogen (secondary N) is 1. The minimum Gasteiger partial charge on any atom is -0.495 e. The number of thiazole rings is 1. The highest BCUT2D eigenvalue weighted by Crippen LogP contribution is 2.32. The normalized spacial score (nSPS) is 10.6. The zero-order valence-corrected chi connectivity index (χ0v) is 11.6. The number of para-hydroxylation sites is 1. The van der Waals surface area contributed by atoms with Crippen molar-refractivity contribution in [1.29, 1.82) is 0 Å². The number of anilines is 2. The van der Waals surface area contributed by atoms with Gasteiger partial charge in [-0.3, -0.25) is 0 Å². The lowest BCUT2D eigenvalue weighted by Gasteiger charge is -2.09. The Morgan fingerprint density at radius 3 is 2.79 bits per heavy atom. The van der Waals surface area contributed by atoms with E-state index in [1.165, 1.54) is 10.3 Å². The monoisotopic (exact) mass is 270 g/mol. The van der Waals surface area contributed by atoms with Crippen molar-refractivity contribution in [2.45, 2.75) is 6.92 Å². The third-order valence-electron chi connectivity index (χ3n) is 2.89. The molecule has 0 bridgehead atoms. The lowest BCUT2D eigenvalue weighted by atomic mass is 10.2. The Bertz CT molecular complexity index is 688. The number of aromatic nitrogens is 1. The fraction of sp³-hybridized carbons (Fsp3) is 0.133. The summed E-state index contributed by atoms with van der Waals surface area (Å²) in [5.74, 6) is 0.824. The van der Waals surface area contributed by atoms with Gasteiger partial charge in [0, 0.05) is 0 Å². The number of ether oxygens (including phenoxy) is 1. The van der Waals surface area contributed by atoms with E-state index in [0.29, 0.717) is 0 Å². The Balaban J connectivity index is 1.98. The first kappa shape index (κ1) is 12.0. The van der Waals surface area contributed by atoms with E-state index in [1.807, 2.05) is 30.3 Å². The molecule has 0 saturated carbocycles. The molecule has 3 nitrogen and oxygen atoms in total. The molecule has 1 aromatic heterocycles. The molecule has 0 radical (unpaired) electrons. The molecule has 0 fully saturated rings. The quantitative estimate of drug-likeness (QED) is 0.768. The van der Waals surface area contributed by atoms with Crippen molar-refractivity contribution in [2.75, 3.05) is 12.4 Å². The van der Waals surface area contributed by atoms with Crippen molar-refractivity contribution in [3.05, 3.63) is 48.0 Å². The first-order valence-electron chi connectivity index (χ1n) is 6.03. The maximum Gasteiger partial charge on any atom is 0.188 e. The van der Waals surface area contributed by atoms with Crippen LogP contribution in [0.15, 0.2) is 42.5 Å². The second kappa shape index (κ2) is 4.90. The Kier molecular flexibility index (Phi) is 3.09. The summed E-state index contributed by atoms with van der Waals surface area (Å²) >= 11 is 1.64. The molecule has 0 spiro atoms. The zero-order valence-electron chi connectivity index (χ0n) is 10.8. The van der Waals surface area contributed by atoms with Gasteiger partial charge in [0.15, 0.2) is 5.13 Å². The summed E-state index contributed by atoms with van der Waals surface area (Å²) in [6, 6.07) is 14.2. The maximum absolute atomic E-state index is 5.36. The first-order valence-corrected chi connectivity index (χ1v) is 6.85. The number of nitrogens with zero attached hydrogens (tertiary/aromatic N) is 1. The molecular weight excluding hydrogens is 256 g/mol. The van der Waals surface area contributed by atoms with E-state index in [-0.39, 0.29) is 0 Å². The molecule has 0 aliphatic carbocycles. The van der Waals surface area contributed by atoms with Gasteiger partial charge in [0.25, 0.3) is 0 Å². The van der Waals surface area contributed by atoms with E-state index in [0.717, 1.165) is 22.1 Å². The summed E-state index contributed by atoms with van der Waals surface area (Å²) < 4.78 is 6.54. The standard InChI is InChI=1S/C15H14N2OS/c1-10-7-8-13(18-2)12(9-10)17-15-16-11-5-3-4-6-14(11)19-15/h3-9H,1-2H3,(H,16,17). The molecule has 0 aliphatic rings. The number of hydrogen-bond donors (Lipinski definition) is 1. The zero-order chi connectivity index (χ0) is 13.2. The average molecular weight is 270 g/mol. The first-order chi connectivity index (χ1) is 9.26. The average Bonchev–Trinajstić information content (AvgIpc) is 2.81. The third kappa shape index (κ3) is 2.39. The Morgan fingerprint density at radius 1 is 1.16 bits per heavy atom. The largest absolute Gasteiger partial charge is 0.495 e. The summed E-state index contributed by atoms with van der Waals surface area (Å²) in [6.45, 7) is 2.06. The minimum absolute atomic E-state index is 0.824. The number of benzene rings is 2. The molecule has 4 heteroatoms. The van der Waals surface area contributed by atoms with Crippen LogP contribution in [-0.4, -0.2) is 12.1 Å². The molecule has 0 atom stereocenters. The third-order valence-corrected chi connectivity index (χ3v) is 3.84. The van der Waals surface area contributed by atoms with Gasteiger partial charge in [0.05, 0.1) is 23.0 Å². The molecule has 96 valence electrons. The number of fused-ring (bicyclic) bond motifs is 1. The predicted octanol–water partition coefficient (Wildman–Crippen LogP) is 4.36. The lowest BCUT2D eigenvalue weighted by Crippen LogP contribution is -1.94. The van der Waals surface area contributed by atoms with Crippen LogP contribution in [-0.2, 0) is 0 Å². The summed E-state index contributed by atoms with van der Waals surface area (Å²) in [5.41, 5.74) is 3.15. The molecule has 2 aromatic carbocycles. The molecule has 1 heterocycles. The SMILES string of the molecule is COc1ccc(C)cc1Nc1nc2ccccc2s1. The molecule has 0 saturated heterocycles. The number of hydrogen-bond acceptors (Lipinski definition) is 4. The molecular formula is C15H14N2OS. The van der Waals surface area contributed by atoms with Crippen LogP contribution in [0.25, 0.3) is 10.2 Å². The van der Waals surface area contributed by atoms with E-state index >= 15 is 0 Å². The van der Waals surface area contributed by atoms with Gasteiger partial charge in [0.1, 0.15) is 5.75 Å². The van der Waals surface area contributed by atoms with Gasteiger partial charge in [0.2, 0.25) is 0 Å². The second-order valence-corrected chi connectivity index (χ2v) is 5.35. The highest BCUT2D eigenvalue weighted by Gasteiger charge is 2.07. The molecule has 0 aliphatic heterocycles. The van der Waals surface area contributed by atoms with Gasteiger partial charge in [-0.2, -0.15) is 0 Å². The second-order valence-electron chi connectivity index (χ2n) is 4.32. The number of aryl methyl sites for hydroxylation is 1. The molecule has 0 unspecified atom stereocenters. The van der Waals surface area contributed by atoms with Crippen molar-refractivity contribution in [3.8, 4) is 5.75 Å². The van der Waals surface area contributed by atoms with Crippen LogP contribution in [0.1, 0.15) is 5.56 Å². The van der Waals surface area contributed by atoms with Gasteiger partial charge < -0.3 is 10.1 Å². The summed E-state index contributed by atoms with van der Waals surface area (Å²) in [5, 5.41) is 4.22. The van der Waals surface area contributed by atoms with Crippen molar-refractivity contribution >= 4 is 32.4 Å². The van der Waals surface area contributed by atoms with Crippen LogP contribution in [0.4, 0.5) is 10.8 Å².